The van der Waals surface area contributed by atoms with Crippen molar-refractivity contribution in [2.45, 2.75) is 20.4 Å². The molecule has 4 heteroatoms. The maximum absolute atomic E-state index is 10.7. The van der Waals surface area contributed by atoms with Crippen molar-refractivity contribution < 1.29 is 4.79 Å². The van der Waals surface area contributed by atoms with E-state index in [-0.39, 0.29) is 12.3 Å². The summed E-state index contributed by atoms with van der Waals surface area (Å²) >= 11 is 0. The molecule has 1 aromatic rings. The third-order valence-corrected chi connectivity index (χ3v) is 1.31. The molecule has 4 nitrogen and oxygen atoms in total. The SMILES string of the molecule is CC(=O)Cn1nc(C)cc1N. The molecule has 0 unspecified atom stereocenters. The number of rotatable bonds is 2. The van der Waals surface area contributed by atoms with Crippen molar-refractivity contribution in [1.82, 2.24) is 9.78 Å². The van der Waals surface area contributed by atoms with Crippen LogP contribution in [0.15, 0.2) is 6.07 Å². The molecule has 0 saturated carbocycles. The van der Waals surface area contributed by atoms with Gasteiger partial charge in [-0.2, -0.15) is 5.10 Å². The van der Waals surface area contributed by atoms with Crippen LogP contribution >= 0.6 is 0 Å². The number of nitrogens with zero attached hydrogens (tertiary/aromatic N) is 2. The van der Waals surface area contributed by atoms with Crippen molar-refractivity contribution in [3.63, 3.8) is 0 Å². The molecule has 1 heterocycles. The van der Waals surface area contributed by atoms with Crippen LogP contribution in [0, 0.1) is 6.92 Å². The number of nitrogen functional groups attached to an aromatic ring is 1. The van der Waals surface area contributed by atoms with Gasteiger partial charge >= 0.3 is 0 Å². The van der Waals surface area contributed by atoms with Crippen LogP contribution in [-0.4, -0.2) is 15.6 Å². The number of hydrogen-bond acceptors (Lipinski definition) is 3. The van der Waals surface area contributed by atoms with Crippen molar-refractivity contribution in [2.24, 2.45) is 0 Å². The summed E-state index contributed by atoms with van der Waals surface area (Å²) < 4.78 is 1.50. The van der Waals surface area contributed by atoms with Crippen molar-refractivity contribution in [3.05, 3.63) is 11.8 Å². The average Bonchev–Trinajstić information content (AvgIpc) is 2.09. The fourth-order valence-corrected chi connectivity index (χ4v) is 0.903. The molecule has 2 N–H and O–H groups in total. The van der Waals surface area contributed by atoms with Gasteiger partial charge in [0.15, 0.2) is 5.78 Å². The lowest BCUT2D eigenvalue weighted by Gasteiger charge is -1.98. The zero-order chi connectivity index (χ0) is 8.43. The molecule has 0 aliphatic heterocycles. The zero-order valence-electron chi connectivity index (χ0n) is 6.66. The molecule has 0 aromatic carbocycles. The van der Waals surface area contributed by atoms with Gasteiger partial charge in [0, 0.05) is 6.07 Å². The summed E-state index contributed by atoms with van der Waals surface area (Å²) in [6.07, 6.45) is 0. The Morgan fingerprint density at radius 1 is 1.82 bits per heavy atom. The van der Waals surface area contributed by atoms with Gasteiger partial charge in [-0.15, -0.1) is 0 Å². The van der Waals surface area contributed by atoms with Crippen LogP contribution < -0.4 is 5.73 Å². The highest BCUT2D eigenvalue weighted by Crippen LogP contribution is 2.04. The van der Waals surface area contributed by atoms with E-state index in [9.17, 15) is 4.79 Å². The van der Waals surface area contributed by atoms with E-state index >= 15 is 0 Å². The molecule has 11 heavy (non-hydrogen) atoms. The van der Waals surface area contributed by atoms with E-state index in [1.165, 1.54) is 11.6 Å². The summed E-state index contributed by atoms with van der Waals surface area (Å²) in [6, 6.07) is 1.74. The third kappa shape index (κ3) is 1.80. The van der Waals surface area contributed by atoms with Crippen LogP contribution in [0.4, 0.5) is 5.82 Å². The maximum atomic E-state index is 10.7. The number of carbonyl (C=O) groups excluding carboxylic acids is 1. The first-order valence-electron chi connectivity index (χ1n) is 3.39. The topological polar surface area (TPSA) is 60.9 Å². The number of Topliss-reactive ketones (excluding diaryl/α,β-unsaturated/α-hetero) is 1. The monoisotopic (exact) mass is 153 g/mol. The van der Waals surface area contributed by atoms with E-state index in [2.05, 4.69) is 5.10 Å². The summed E-state index contributed by atoms with van der Waals surface area (Å²) in [4.78, 5) is 10.7. The first-order valence-corrected chi connectivity index (χ1v) is 3.39. The van der Waals surface area contributed by atoms with Crippen LogP contribution in [0.2, 0.25) is 0 Å². The summed E-state index contributed by atoms with van der Waals surface area (Å²) in [5.41, 5.74) is 6.37. The Kier molecular flexibility index (Phi) is 1.94. The first kappa shape index (κ1) is 7.78. The number of hydrogen-bond donors (Lipinski definition) is 1. The lowest BCUT2D eigenvalue weighted by Crippen LogP contribution is -2.10. The molecule has 0 aliphatic carbocycles. The van der Waals surface area contributed by atoms with E-state index in [0.717, 1.165) is 5.69 Å². The summed E-state index contributed by atoms with van der Waals surface area (Å²) in [7, 11) is 0. The van der Waals surface area contributed by atoms with Crippen LogP contribution in [0.3, 0.4) is 0 Å². The first-order chi connectivity index (χ1) is 5.09. The Bertz CT molecular complexity index is 277. The van der Waals surface area contributed by atoms with Gasteiger partial charge in [0.05, 0.1) is 5.69 Å². The van der Waals surface area contributed by atoms with Gasteiger partial charge in [-0.25, -0.2) is 4.68 Å². The Labute approximate surface area is 65.0 Å². The number of nitrogens with two attached hydrogens (primary N) is 1. The van der Waals surface area contributed by atoms with Gasteiger partial charge < -0.3 is 5.73 Å². The highest BCUT2D eigenvalue weighted by atomic mass is 16.1. The fourth-order valence-electron chi connectivity index (χ4n) is 0.903. The van der Waals surface area contributed by atoms with Gasteiger partial charge in [-0.3, -0.25) is 4.79 Å². The number of anilines is 1. The van der Waals surface area contributed by atoms with Gasteiger partial charge in [0.25, 0.3) is 0 Å². The Hall–Kier alpha value is -1.32. The average molecular weight is 153 g/mol. The van der Waals surface area contributed by atoms with Crippen LogP contribution in [0.1, 0.15) is 12.6 Å². The molecule has 0 fully saturated rings. The lowest BCUT2D eigenvalue weighted by atomic mass is 10.4. The Balaban J connectivity index is 2.85. The smallest absolute Gasteiger partial charge is 0.151 e. The predicted octanol–water partition coefficient (Wildman–Crippen LogP) is 0.363. The minimum absolute atomic E-state index is 0.0554. The molecule has 0 saturated heterocycles. The Morgan fingerprint density at radius 2 is 2.45 bits per heavy atom. The summed E-state index contributed by atoms with van der Waals surface area (Å²) in [6.45, 7) is 3.61. The fraction of sp³-hybridized carbons (Fsp3) is 0.429. The molecule has 0 aliphatic rings. The van der Waals surface area contributed by atoms with E-state index in [0.29, 0.717) is 5.82 Å². The molecule has 0 radical (unpaired) electrons. The predicted molar refractivity (Wildman–Crippen MR) is 42.1 cm³/mol. The summed E-state index contributed by atoms with van der Waals surface area (Å²) in [5.74, 6) is 0.595. The zero-order valence-corrected chi connectivity index (χ0v) is 6.66. The second-order valence-electron chi connectivity index (χ2n) is 2.57. The molecule has 1 aromatic heterocycles. The number of aryl methyl sites for hydroxylation is 1. The van der Waals surface area contributed by atoms with E-state index in [4.69, 9.17) is 5.73 Å². The number of aromatic nitrogens is 2. The van der Waals surface area contributed by atoms with Gasteiger partial charge in [-0.1, -0.05) is 0 Å². The molecule has 1 rings (SSSR count). The second kappa shape index (κ2) is 2.74. The molecule has 0 atom stereocenters. The van der Waals surface area contributed by atoms with Crippen molar-refractivity contribution in [3.8, 4) is 0 Å². The van der Waals surface area contributed by atoms with Crippen molar-refractivity contribution in [1.29, 1.82) is 0 Å². The summed E-state index contributed by atoms with van der Waals surface area (Å²) in [5, 5.41) is 4.02. The highest BCUT2D eigenvalue weighted by molar-refractivity contribution is 5.75. The molecule has 0 spiro atoms. The molecular weight excluding hydrogens is 142 g/mol. The Morgan fingerprint density at radius 3 is 2.82 bits per heavy atom. The minimum atomic E-state index is 0.0554. The van der Waals surface area contributed by atoms with E-state index < -0.39 is 0 Å². The van der Waals surface area contributed by atoms with Crippen LogP contribution in [-0.2, 0) is 11.3 Å². The molecular formula is C7H11N3O. The maximum Gasteiger partial charge on any atom is 0.151 e. The third-order valence-electron chi connectivity index (χ3n) is 1.31. The quantitative estimate of drug-likeness (QED) is 0.667. The molecule has 60 valence electrons. The van der Waals surface area contributed by atoms with Crippen molar-refractivity contribution >= 4 is 11.6 Å². The largest absolute Gasteiger partial charge is 0.384 e. The second-order valence-corrected chi connectivity index (χ2v) is 2.57. The normalized spacial score (nSPS) is 10.0. The van der Waals surface area contributed by atoms with E-state index in [1.54, 1.807) is 6.07 Å². The van der Waals surface area contributed by atoms with Crippen LogP contribution in [0.5, 0.6) is 0 Å². The van der Waals surface area contributed by atoms with E-state index in [1.807, 2.05) is 6.92 Å². The molecule has 0 amide bonds. The number of carbonyl (C=O) groups is 1. The van der Waals surface area contributed by atoms with Gasteiger partial charge in [0.1, 0.15) is 12.4 Å². The van der Waals surface area contributed by atoms with Gasteiger partial charge in [-0.05, 0) is 13.8 Å². The highest BCUT2D eigenvalue weighted by Gasteiger charge is 2.02. The van der Waals surface area contributed by atoms with Crippen LogP contribution in [0.25, 0.3) is 0 Å². The minimum Gasteiger partial charge on any atom is -0.384 e. The standard InChI is InChI=1S/C7H11N3O/c1-5-3-7(8)10(9-5)4-6(2)11/h3H,4,8H2,1-2H3. The van der Waals surface area contributed by atoms with Gasteiger partial charge in [0.2, 0.25) is 0 Å². The number of ketones is 1. The van der Waals surface area contributed by atoms with Crippen molar-refractivity contribution in [2.75, 3.05) is 5.73 Å². The molecule has 0 bridgehead atoms. The lowest BCUT2D eigenvalue weighted by molar-refractivity contribution is -0.117.